The molecule has 4 atom stereocenters. The summed E-state index contributed by atoms with van der Waals surface area (Å²) in [6, 6.07) is 0. The van der Waals surface area contributed by atoms with Crippen molar-refractivity contribution in [1.29, 1.82) is 0 Å². The van der Waals surface area contributed by atoms with Crippen molar-refractivity contribution in [3.05, 3.63) is 0 Å². The van der Waals surface area contributed by atoms with Crippen molar-refractivity contribution in [2.45, 2.75) is 63.2 Å². The molecule has 2 aliphatic heterocycles. The fraction of sp³-hybridized carbons (Fsp3) is 1.00. The van der Waals surface area contributed by atoms with Gasteiger partial charge in [0.1, 0.15) is 18.4 Å². The van der Waals surface area contributed by atoms with Gasteiger partial charge < -0.3 is 14.2 Å². The molecule has 2 aliphatic rings. The van der Waals surface area contributed by atoms with Gasteiger partial charge in [-0.1, -0.05) is 26.7 Å². The molecule has 0 aromatic heterocycles. The van der Waals surface area contributed by atoms with Crippen LogP contribution in [0, 0.1) is 0 Å². The first-order valence-corrected chi connectivity index (χ1v) is 7.76. The van der Waals surface area contributed by atoms with Crippen LogP contribution in [-0.4, -0.2) is 50.1 Å². The zero-order chi connectivity index (χ0) is 14.1. The van der Waals surface area contributed by atoms with E-state index in [2.05, 4.69) is 19.6 Å². The number of halogens is 1. The molecule has 2 fully saturated rings. The fourth-order valence-corrected chi connectivity index (χ4v) is 1.80. The number of rotatable bonds is 9. The molecule has 0 aromatic carbocycles. The van der Waals surface area contributed by atoms with E-state index in [0.717, 1.165) is 39.3 Å². The summed E-state index contributed by atoms with van der Waals surface area (Å²) >= 11 is 4.12. The van der Waals surface area contributed by atoms with Crippen molar-refractivity contribution >= 4 is 12.6 Å². The Hall–Kier alpha value is 0.160. The first-order chi connectivity index (χ1) is 9.11. The molecule has 2 saturated heterocycles. The van der Waals surface area contributed by atoms with Gasteiger partial charge >= 0.3 is 0 Å². The summed E-state index contributed by atoms with van der Waals surface area (Å²) in [4.78, 5) is 0. The first kappa shape index (κ1) is 17.2. The lowest BCUT2D eigenvalue weighted by atomic mass is 10.1. The van der Waals surface area contributed by atoms with Gasteiger partial charge in [-0.15, -0.1) is 0 Å². The molecule has 0 N–H and O–H groups in total. The third-order valence-corrected chi connectivity index (χ3v) is 3.09. The summed E-state index contributed by atoms with van der Waals surface area (Å²) in [5, 5.41) is 0.201. The number of hydrogen-bond donors (Lipinski definition) is 1. The number of epoxide rings is 2. The maximum Gasteiger partial charge on any atom is 0.104 e. The monoisotopic (exact) mass is 294 g/mol. The van der Waals surface area contributed by atoms with Crippen LogP contribution in [0.3, 0.4) is 0 Å². The van der Waals surface area contributed by atoms with Crippen molar-refractivity contribution in [2.75, 3.05) is 26.4 Å². The second kappa shape index (κ2) is 9.97. The zero-order valence-corrected chi connectivity index (χ0v) is 12.9. The van der Waals surface area contributed by atoms with E-state index in [1.165, 1.54) is 0 Å². The molecule has 0 aliphatic carbocycles. The van der Waals surface area contributed by atoms with Crippen molar-refractivity contribution in [3.8, 4) is 0 Å². The molecule has 0 saturated carbocycles. The van der Waals surface area contributed by atoms with Gasteiger partial charge in [-0.05, 0) is 12.8 Å². The van der Waals surface area contributed by atoms with Crippen LogP contribution < -0.4 is 0 Å². The highest BCUT2D eigenvalue weighted by Gasteiger charge is 2.26. The van der Waals surface area contributed by atoms with E-state index < -0.39 is 6.17 Å². The molecule has 0 amide bonds. The van der Waals surface area contributed by atoms with Crippen LogP contribution in [0.25, 0.3) is 0 Å². The summed E-state index contributed by atoms with van der Waals surface area (Å²) in [6.07, 6.45) is 3.55. The van der Waals surface area contributed by atoms with Gasteiger partial charge in [0.2, 0.25) is 0 Å². The Morgan fingerprint density at radius 1 is 1.26 bits per heavy atom. The molecule has 0 bridgehead atoms. The van der Waals surface area contributed by atoms with Gasteiger partial charge in [-0.25, -0.2) is 4.39 Å². The molecule has 19 heavy (non-hydrogen) atoms. The lowest BCUT2D eigenvalue weighted by molar-refractivity contribution is 0.102. The molecular weight excluding hydrogens is 267 g/mol. The van der Waals surface area contributed by atoms with Gasteiger partial charge in [0.25, 0.3) is 0 Å². The van der Waals surface area contributed by atoms with Gasteiger partial charge in [0.05, 0.1) is 26.4 Å². The smallest absolute Gasteiger partial charge is 0.104 e. The Kier molecular flexibility index (Phi) is 9.03. The van der Waals surface area contributed by atoms with E-state index in [9.17, 15) is 4.39 Å². The average molecular weight is 294 g/mol. The fourth-order valence-electron chi connectivity index (χ4n) is 1.57. The van der Waals surface area contributed by atoms with Crippen LogP contribution in [0.5, 0.6) is 0 Å². The van der Waals surface area contributed by atoms with Crippen molar-refractivity contribution < 1.29 is 18.6 Å². The number of alkyl halides is 1. The minimum atomic E-state index is -0.632. The molecule has 0 spiro atoms. The van der Waals surface area contributed by atoms with E-state index in [0.29, 0.717) is 25.0 Å². The summed E-state index contributed by atoms with van der Waals surface area (Å²) in [7, 11) is 0. The number of hydrogen-bond acceptors (Lipinski definition) is 4. The Morgan fingerprint density at radius 2 is 1.79 bits per heavy atom. The van der Waals surface area contributed by atoms with Gasteiger partial charge in [-0.3, -0.25) is 0 Å². The molecule has 4 unspecified atom stereocenters. The summed E-state index contributed by atoms with van der Waals surface area (Å²) in [6.45, 7) is 7.27. The van der Waals surface area contributed by atoms with E-state index in [-0.39, 0.29) is 5.25 Å². The highest BCUT2D eigenvalue weighted by atomic mass is 32.1. The Bertz CT molecular complexity index is 209. The summed E-state index contributed by atoms with van der Waals surface area (Å²) in [5.41, 5.74) is 0. The SMILES string of the molecule is C(OCC1CO1)C1CO1.CCCCC(F)CC(C)S. The Morgan fingerprint density at radius 3 is 2.16 bits per heavy atom. The standard InChI is InChI=1S/C8H17FS.C6H10O3/c1-3-4-5-8(9)6-7(2)10;1(5-3-8-5)7-2-6-4-9-6/h7-8,10H,3-6H2,1-2H3;5-6H,1-4H2. The van der Waals surface area contributed by atoms with Crippen LogP contribution in [0.2, 0.25) is 0 Å². The first-order valence-electron chi connectivity index (χ1n) is 7.24. The molecular formula is C14H27FO3S. The number of unbranched alkanes of at least 4 members (excludes halogenated alkanes) is 1. The lowest BCUT2D eigenvalue weighted by Gasteiger charge is -2.08. The van der Waals surface area contributed by atoms with Crippen LogP contribution in [-0.2, 0) is 14.2 Å². The highest BCUT2D eigenvalue weighted by Crippen LogP contribution is 2.13. The molecule has 0 aromatic rings. The normalized spacial score (nSPS) is 27.2. The van der Waals surface area contributed by atoms with Crippen LogP contribution in [0.15, 0.2) is 0 Å². The highest BCUT2D eigenvalue weighted by molar-refractivity contribution is 7.80. The molecule has 2 heterocycles. The molecule has 114 valence electrons. The maximum atomic E-state index is 12.8. The number of ether oxygens (including phenoxy) is 3. The van der Waals surface area contributed by atoms with E-state index in [1.807, 2.05) is 6.92 Å². The average Bonchev–Trinajstić information content (AvgIpc) is 3.20. The van der Waals surface area contributed by atoms with Crippen molar-refractivity contribution in [1.82, 2.24) is 0 Å². The van der Waals surface area contributed by atoms with Crippen molar-refractivity contribution in [2.24, 2.45) is 0 Å². The van der Waals surface area contributed by atoms with Crippen LogP contribution >= 0.6 is 12.6 Å². The summed E-state index contributed by atoms with van der Waals surface area (Å²) < 4.78 is 27.9. The second-order valence-electron chi connectivity index (χ2n) is 5.27. The number of thiol groups is 1. The van der Waals surface area contributed by atoms with E-state index >= 15 is 0 Å². The van der Waals surface area contributed by atoms with Gasteiger partial charge in [0, 0.05) is 5.25 Å². The second-order valence-corrected chi connectivity index (χ2v) is 6.15. The van der Waals surface area contributed by atoms with Gasteiger partial charge in [-0.2, -0.15) is 12.6 Å². The third-order valence-electron chi connectivity index (χ3n) is 2.88. The summed E-state index contributed by atoms with van der Waals surface area (Å²) in [5.74, 6) is 0. The Labute approximate surface area is 121 Å². The molecule has 2 rings (SSSR count). The lowest BCUT2D eigenvalue weighted by Crippen LogP contribution is -2.06. The minimum absolute atomic E-state index is 0.201. The third kappa shape index (κ3) is 11.7. The van der Waals surface area contributed by atoms with Gasteiger partial charge in [0.15, 0.2) is 0 Å². The van der Waals surface area contributed by atoms with Crippen LogP contribution in [0.4, 0.5) is 4.39 Å². The van der Waals surface area contributed by atoms with E-state index in [1.54, 1.807) is 0 Å². The predicted molar refractivity (Wildman–Crippen MR) is 77.8 cm³/mol. The molecule has 3 nitrogen and oxygen atoms in total. The predicted octanol–water partition coefficient (Wildman–Crippen LogP) is 3.02. The minimum Gasteiger partial charge on any atom is -0.376 e. The maximum absolute atomic E-state index is 12.8. The Balaban J connectivity index is 0.000000190. The topological polar surface area (TPSA) is 34.3 Å². The molecule has 0 radical (unpaired) electrons. The quantitative estimate of drug-likeness (QED) is 0.524. The molecule has 5 heteroatoms. The van der Waals surface area contributed by atoms with Crippen LogP contribution in [0.1, 0.15) is 39.5 Å². The van der Waals surface area contributed by atoms with Crippen molar-refractivity contribution in [3.63, 3.8) is 0 Å². The zero-order valence-electron chi connectivity index (χ0n) is 12.0. The van der Waals surface area contributed by atoms with E-state index in [4.69, 9.17) is 14.2 Å². The largest absolute Gasteiger partial charge is 0.376 e.